The lowest BCUT2D eigenvalue weighted by Crippen LogP contribution is -2.25. The van der Waals surface area contributed by atoms with Gasteiger partial charge in [-0.25, -0.2) is 0 Å². The molecule has 0 saturated heterocycles. The largest absolute Gasteiger partial charge is 0.345 e. The molecule has 0 aliphatic carbocycles. The van der Waals surface area contributed by atoms with Crippen LogP contribution in [0.4, 0.5) is 0 Å². The molecule has 0 fully saturated rings. The van der Waals surface area contributed by atoms with E-state index in [9.17, 15) is 4.79 Å². The predicted octanol–water partition coefficient (Wildman–Crippen LogP) is 0.900. The zero-order valence-corrected chi connectivity index (χ0v) is 7.31. The maximum atomic E-state index is 10.5. The van der Waals surface area contributed by atoms with Gasteiger partial charge in [-0.1, -0.05) is 22.6 Å². The normalized spacial score (nSPS) is 8.88. The van der Waals surface area contributed by atoms with Crippen LogP contribution in [0.1, 0.15) is 6.92 Å². The number of rotatable bonds is 2. The monoisotopic (exact) mass is 227 g/mol. The van der Waals surface area contributed by atoms with Crippen LogP contribution in [0.25, 0.3) is 0 Å². The van der Waals surface area contributed by atoms with Gasteiger partial charge in [-0.3, -0.25) is 4.79 Å². The minimum absolute atomic E-state index is 0.140. The molecule has 0 bridgehead atoms. The van der Waals surface area contributed by atoms with Gasteiger partial charge in [-0.2, -0.15) is 0 Å². The zero-order valence-electron chi connectivity index (χ0n) is 5.15. The van der Waals surface area contributed by atoms with Crippen molar-refractivity contribution in [2.75, 3.05) is 18.0 Å². The van der Waals surface area contributed by atoms with Gasteiger partial charge in [0.2, 0.25) is 5.91 Å². The molecule has 0 spiro atoms. The number of carbonyl (C=O) groups is 1. The molecule has 0 unspecified atom stereocenters. The molecule has 0 radical (unpaired) electrons. The van der Waals surface area contributed by atoms with Crippen LogP contribution in [0.3, 0.4) is 0 Å². The summed E-state index contributed by atoms with van der Waals surface area (Å²) in [5.41, 5.74) is 0. The fourth-order valence-corrected chi connectivity index (χ4v) is 1.01. The predicted molar refractivity (Wildman–Crippen MR) is 42.2 cm³/mol. The van der Waals surface area contributed by atoms with Crippen molar-refractivity contribution in [3.8, 4) is 0 Å². The number of amides is 1. The lowest BCUT2D eigenvalue weighted by atomic mass is 10.6. The average molecular weight is 227 g/mol. The highest BCUT2D eigenvalue weighted by molar-refractivity contribution is 14.1. The van der Waals surface area contributed by atoms with Gasteiger partial charge in [-0.15, -0.1) is 0 Å². The van der Waals surface area contributed by atoms with Crippen molar-refractivity contribution in [1.82, 2.24) is 4.90 Å². The first-order valence-electron chi connectivity index (χ1n) is 2.46. The first-order chi connectivity index (χ1) is 3.68. The number of nitrogens with zero attached hydrogens (tertiary/aromatic N) is 1. The summed E-state index contributed by atoms with van der Waals surface area (Å²) in [5, 5.41) is 0. The van der Waals surface area contributed by atoms with Crippen LogP contribution in [0.2, 0.25) is 0 Å². The van der Waals surface area contributed by atoms with E-state index in [0.717, 1.165) is 11.0 Å². The number of alkyl halides is 1. The number of hydrogen-bond acceptors (Lipinski definition) is 1. The van der Waals surface area contributed by atoms with Crippen molar-refractivity contribution in [3.05, 3.63) is 0 Å². The third-order valence-electron chi connectivity index (χ3n) is 0.957. The lowest BCUT2D eigenvalue weighted by molar-refractivity contribution is -0.127. The van der Waals surface area contributed by atoms with Gasteiger partial charge in [0, 0.05) is 24.9 Å². The van der Waals surface area contributed by atoms with Crippen LogP contribution in [0.5, 0.6) is 0 Å². The highest BCUT2D eigenvalue weighted by atomic mass is 127. The molecule has 1 amide bonds. The highest BCUT2D eigenvalue weighted by Gasteiger charge is 1.97. The Bertz CT molecular complexity index is 84.5. The molecule has 3 heteroatoms. The Kier molecular flexibility index (Phi) is 4.22. The fourth-order valence-electron chi connectivity index (χ4n) is 0.284. The van der Waals surface area contributed by atoms with E-state index >= 15 is 0 Å². The zero-order chi connectivity index (χ0) is 6.57. The first kappa shape index (κ1) is 8.20. The topological polar surface area (TPSA) is 20.3 Å². The second-order valence-corrected chi connectivity index (χ2v) is 2.71. The molecule has 0 saturated carbocycles. The Morgan fingerprint density at radius 1 is 1.75 bits per heavy atom. The number of carbonyl (C=O) groups excluding carboxylic acids is 1. The van der Waals surface area contributed by atoms with E-state index in [-0.39, 0.29) is 5.91 Å². The summed E-state index contributed by atoms with van der Waals surface area (Å²) in [4.78, 5) is 12.2. The molecular formula is C5H10INO. The van der Waals surface area contributed by atoms with Gasteiger partial charge in [-0.05, 0) is 0 Å². The third-order valence-corrected chi connectivity index (χ3v) is 1.44. The molecule has 0 N–H and O–H groups in total. The van der Waals surface area contributed by atoms with E-state index < -0.39 is 0 Å². The molecule has 0 aliphatic rings. The lowest BCUT2D eigenvalue weighted by Gasteiger charge is -2.11. The van der Waals surface area contributed by atoms with Gasteiger partial charge in [0.1, 0.15) is 0 Å². The van der Waals surface area contributed by atoms with E-state index in [1.807, 2.05) is 0 Å². The standard InChI is InChI=1S/C5H10INO/c1-5(8)7(2)4-3-6/h3-4H2,1-2H3. The van der Waals surface area contributed by atoms with E-state index in [2.05, 4.69) is 22.6 Å². The van der Waals surface area contributed by atoms with Crippen LogP contribution in [-0.2, 0) is 4.79 Å². The summed E-state index contributed by atoms with van der Waals surface area (Å²) >= 11 is 2.24. The van der Waals surface area contributed by atoms with Crippen molar-refractivity contribution in [2.24, 2.45) is 0 Å². The molecule has 8 heavy (non-hydrogen) atoms. The van der Waals surface area contributed by atoms with Gasteiger partial charge < -0.3 is 4.90 Å². The van der Waals surface area contributed by atoms with E-state index in [0.29, 0.717) is 0 Å². The van der Waals surface area contributed by atoms with Crippen LogP contribution in [0, 0.1) is 0 Å². The molecule has 2 nitrogen and oxygen atoms in total. The Hall–Kier alpha value is 0.200. The molecule has 0 atom stereocenters. The number of halogens is 1. The van der Waals surface area contributed by atoms with Crippen LogP contribution in [-0.4, -0.2) is 28.8 Å². The van der Waals surface area contributed by atoms with Crippen molar-refractivity contribution in [1.29, 1.82) is 0 Å². The molecule has 0 aliphatic heterocycles. The quantitative estimate of drug-likeness (QED) is 0.507. The van der Waals surface area contributed by atoms with Gasteiger partial charge >= 0.3 is 0 Å². The summed E-state index contributed by atoms with van der Waals surface area (Å²) in [5.74, 6) is 0.140. The van der Waals surface area contributed by atoms with E-state index in [4.69, 9.17) is 0 Å². The Morgan fingerprint density at radius 3 is 2.38 bits per heavy atom. The maximum Gasteiger partial charge on any atom is 0.219 e. The molecular weight excluding hydrogens is 217 g/mol. The molecule has 0 aromatic heterocycles. The Labute approximate surface area is 63.4 Å². The van der Waals surface area contributed by atoms with Crippen LogP contribution >= 0.6 is 22.6 Å². The van der Waals surface area contributed by atoms with E-state index in [1.165, 1.54) is 0 Å². The molecule has 0 heterocycles. The van der Waals surface area contributed by atoms with Gasteiger partial charge in [0.25, 0.3) is 0 Å². The minimum atomic E-state index is 0.140. The molecule has 48 valence electrons. The van der Waals surface area contributed by atoms with Crippen molar-refractivity contribution in [3.63, 3.8) is 0 Å². The SMILES string of the molecule is CC(=O)N(C)CCI. The summed E-state index contributed by atoms with van der Waals surface area (Å²) in [7, 11) is 1.81. The third kappa shape index (κ3) is 3.23. The second-order valence-electron chi connectivity index (χ2n) is 1.63. The fraction of sp³-hybridized carbons (Fsp3) is 0.800. The molecule has 0 aromatic carbocycles. The van der Waals surface area contributed by atoms with E-state index in [1.54, 1.807) is 18.9 Å². The van der Waals surface area contributed by atoms with Crippen LogP contribution in [0.15, 0.2) is 0 Å². The summed E-state index contributed by atoms with van der Waals surface area (Å²) in [6.45, 7) is 2.43. The Morgan fingerprint density at radius 2 is 2.25 bits per heavy atom. The molecule has 0 aromatic rings. The highest BCUT2D eigenvalue weighted by Crippen LogP contribution is 1.86. The smallest absolute Gasteiger partial charge is 0.219 e. The van der Waals surface area contributed by atoms with Gasteiger partial charge in [0.05, 0.1) is 0 Å². The summed E-state index contributed by atoms with van der Waals surface area (Å²) in [6.07, 6.45) is 0. The second kappa shape index (κ2) is 4.12. The summed E-state index contributed by atoms with van der Waals surface area (Å²) < 4.78 is 1.01. The first-order valence-corrected chi connectivity index (χ1v) is 3.98. The molecule has 0 rings (SSSR count). The van der Waals surface area contributed by atoms with Crippen molar-refractivity contribution >= 4 is 28.5 Å². The maximum absolute atomic E-state index is 10.5. The van der Waals surface area contributed by atoms with Crippen molar-refractivity contribution in [2.45, 2.75) is 6.92 Å². The van der Waals surface area contributed by atoms with Crippen molar-refractivity contribution < 1.29 is 4.79 Å². The number of hydrogen-bond donors (Lipinski definition) is 0. The van der Waals surface area contributed by atoms with Crippen LogP contribution < -0.4 is 0 Å². The Balaban J connectivity index is 3.32. The minimum Gasteiger partial charge on any atom is -0.345 e. The summed E-state index contributed by atoms with van der Waals surface area (Å²) in [6, 6.07) is 0. The van der Waals surface area contributed by atoms with Gasteiger partial charge in [0.15, 0.2) is 0 Å². The average Bonchev–Trinajstić information content (AvgIpc) is 1.67.